The van der Waals surface area contributed by atoms with Crippen molar-refractivity contribution in [2.24, 2.45) is 23.0 Å². The molecule has 1 saturated carbocycles. The van der Waals surface area contributed by atoms with Crippen LogP contribution in [-0.4, -0.2) is 43.8 Å². The highest BCUT2D eigenvalue weighted by Crippen LogP contribution is 2.40. The topological polar surface area (TPSA) is 38.5 Å². The van der Waals surface area contributed by atoms with E-state index < -0.39 is 0 Å². The highest BCUT2D eigenvalue weighted by Gasteiger charge is 2.35. The quantitative estimate of drug-likeness (QED) is 0.854. The lowest BCUT2D eigenvalue weighted by Crippen LogP contribution is -2.46. The van der Waals surface area contributed by atoms with Gasteiger partial charge in [0.15, 0.2) is 0 Å². The van der Waals surface area contributed by atoms with E-state index in [0.29, 0.717) is 23.4 Å². The summed E-state index contributed by atoms with van der Waals surface area (Å²) in [6.45, 7) is 10.1. The summed E-state index contributed by atoms with van der Waals surface area (Å²) in [5, 5.41) is 0. The van der Waals surface area contributed by atoms with Crippen LogP contribution < -0.4 is 5.73 Å². The monoisotopic (exact) mass is 268 g/mol. The van der Waals surface area contributed by atoms with E-state index in [1.165, 1.54) is 25.7 Å². The van der Waals surface area contributed by atoms with Crippen LogP contribution in [0.4, 0.5) is 0 Å². The lowest BCUT2D eigenvalue weighted by Gasteiger charge is -2.42. The molecular formula is C16H32N2O. The first-order valence-corrected chi connectivity index (χ1v) is 7.91. The Balaban J connectivity index is 1.89. The summed E-state index contributed by atoms with van der Waals surface area (Å²) in [7, 11) is 2.24. The van der Waals surface area contributed by atoms with Crippen molar-refractivity contribution < 1.29 is 4.74 Å². The van der Waals surface area contributed by atoms with Crippen LogP contribution in [0.3, 0.4) is 0 Å². The van der Waals surface area contributed by atoms with Gasteiger partial charge in [-0.1, -0.05) is 20.8 Å². The van der Waals surface area contributed by atoms with E-state index in [4.69, 9.17) is 10.5 Å². The molecule has 0 aromatic carbocycles. The number of hydrogen-bond acceptors (Lipinski definition) is 3. The van der Waals surface area contributed by atoms with Crippen molar-refractivity contribution in [3.05, 3.63) is 0 Å². The fraction of sp³-hybridized carbons (Fsp3) is 1.00. The molecule has 2 rings (SSSR count). The molecule has 112 valence electrons. The Morgan fingerprint density at radius 3 is 2.53 bits per heavy atom. The third-order valence-corrected chi connectivity index (χ3v) is 5.32. The summed E-state index contributed by atoms with van der Waals surface area (Å²) in [5.74, 6) is 1.48. The molecule has 1 saturated heterocycles. The van der Waals surface area contributed by atoms with Crippen molar-refractivity contribution in [2.75, 3.05) is 26.8 Å². The van der Waals surface area contributed by atoms with Crippen molar-refractivity contribution in [2.45, 2.75) is 58.5 Å². The van der Waals surface area contributed by atoms with Gasteiger partial charge in [-0.25, -0.2) is 0 Å². The van der Waals surface area contributed by atoms with Crippen molar-refractivity contribution in [1.82, 2.24) is 4.90 Å². The highest BCUT2D eigenvalue weighted by molar-refractivity contribution is 4.89. The minimum absolute atomic E-state index is 0.392. The van der Waals surface area contributed by atoms with Gasteiger partial charge in [-0.2, -0.15) is 0 Å². The maximum atomic E-state index is 6.37. The first-order valence-electron chi connectivity index (χ1n) is 7.91. The van der Waals surface area contributed by atoms with Gasteiger partial charge >= 0.3 is 0 Å². The van der Waals surface area contributed by atoms with E-state index in [0.717, 1.165) is 25.7 Å². The summed E-state index contributed by atoms with van der Waals surface area (Å²) in [5.41, 5.74) is 6.80. The fourth-order valence-electron chi connectivity index (χ4n) is 3.67. The Kier molecular flexibility index (Phi) is 4.91. The Bertz CT molecular complexity index is 281. The number of nitrogens with two attached hydrogens (primary N) is 1. The summed E-state index contributed by atoms with van der Waals surface area (Å²) >= 11 is 0. The SMILES string of the molecule is CN(CC1CC(C(C)(C)C)CCC1N)C1CCOC1. The standard InChI is InChI=1S/C16H32N2O/c1-16(2,3)13-5-6-15(17)12(9-13)10-18(4)14-7-8-19-11-14/h12-15H,5-11,17H2,1-4H3. The Morgan fingerprint density at radius 1 is 1.21 bits per heavy atom. The van der Waals surface area contributed by atoms with E-state index in [1.54, 1.807) is 0 Å². The van der Waals surface area contributed by atoms with E-state index >= 15 is 0 Å². The summed E-state index contributed by atoms with van der Waals surface area (Å²) in [4.78, 5) is 2.49. The van der Waals surface area contributed by atoms with Crippen molar-refractivity contribution in [1.29, 1.82) is 0 Å². The molecule has 0 bridgehead atoms. The molecule has 0 radical (unpaired) electrons. The maximum Gasteiger partial charge on any atom is 0.0622 e. The molecule has 0 spiro atoms. The zero-order valence-corrected chi connectivity index (χ0v) is 13.2. The first-order chi connectivity index (χ1) is 8.88. The molecule has 0 amide bonds. The van der Waals surface area contributed by atoms with Gasteiger partial charge in [0.1, 0.15) is 0 Å². The molecule has 4 unspecified atom stereocenters. The third-order valence-electron chi connectivity index (χ3n) is 5.32. The van der Waals surface area contributed by atoms with Crippen LogP contribution in [0.25, 0.3) is 0 Å². The van der Waals surface area contributed by atoms with Gasteiger partial charge in [-0.05, 0) is 50.0 Å². The molecule has 2 N–H and O–H groups in total. The molecule has 2 aliphatic rings. The number of ether oxygens (including phenoxy) is 1. The molecule has 0 aromatic heterocycles. The molecule has 1 aliphatic carbocycles. The van der Waals surface area contributed by atoms with Gasteiger partial charge < -0.3 is 15.4 Å². The van der Waals surface area contributed by atoms with Crippen LogP contribution >= 0.6 is 0 Å². The fourth-order valence-corrected chi connectivity index (χ4v) is 3.67. The van der Waals surface area contributed by atoms with Crippen LogP contribution in [0.1, 0.15) is 46.5 Å². The lowest BCUT2D eigenvalue weighted by molar-refractivity contribution is 0.0889. The van der Waals surface area contributed by atoms with Gasteiger partial charge in [0, 0.05) is 25.2 Å². The number of likely N-dealkylation sites (N-methyl/N-ethyl adjacent to an activating group) is 1. The summed E-state index contributed by atoms with van der Waals surface area (Å²) in [6.07, 6.45) is 4.97. The zero-order valence-electron chi connectivity index (χ0n) is 13.2. The first kappa shape index (κ1) is 15.3. The van der Waals surface area contributed by atoms with Crippen molar-refractivity contribution in [3.63, 3.8) is 0 Å². The van der Waals surface area contributed by atoms with Gasteiger partial charge in [-0.3, -0.25) is 0 Å². The van der Waals surface area contributed by atoms with Gasteiger partial charge in [0.05, 0.1) is 6.61 Å². The maximum absolute atomic E-state index is 6.37. The molecule has 3 nitrogen and oxygen atoms in total. The van der Waals surface area contributed by atoms with Crippen molar-refractivity contribution in [3.8, 4) is 0 Å². The van der Waals surface area contributed by atoms with Crippen LogP contribution in [-0.2, 0) is 4.74 Å². The molecule has 1 heterocycles. The lowest BCUT2D eigenvalue weighted by atomic mass is 9.67. The van der Waals surface area contributed by atoms with Crippen LogP contribution in [0.2, 0.25) is 0 Å². The predicted molar refractivity (Wildman–Crippen MR) is 80.1 cm³/mol. The van der Waals surface area contributed by atoms with Gasteiger partial charge in [0.2, 0.25) is 0 Å². The molecular weight excluding hydrogens is 236 g/mol. The third kappa shape index (κ3) is 3.93. The number of rotatable bonds is 3. The molecule has 2 fully saturated rings. The normalized spacial score (nSPS) is 36.9. The van der Waals surface area contributed by atoms with Crippen molar-refractivity contribution >= 4 is 0 Å². The van der Waals surface area contributed by atoms with E-state index in [-0.39, 0.29) is 0 Å². The minimum Gasteiger partial charge on any atom is -0.380 e. The Hall–Kier alpha value is -0.120. The van der Waals surface area contributed by atoms with E-state index in [9.17, 15) is 0 Å². The average molecular weight is 268 g/mol. The molecule has 4 atom stereocenters. The molecule has 19 heavy (non-hydrogen) atoms. The highest BCUT2D eigenvalue weighted by atomic mass is 16.5. The van der Waals surface area contributed by atoms with Gasteiger partial charge in [0.25, 0.3) is 0 Å². The Labute approximate surface area is 118 Å². The zero-order chi connectivity index (χ0) is 14.0. The van der Waals surface area contributed by atoms with Gasteiger partial charge in [-0.15, -0.1) is 0 Å². The molecule has 3 heteroatoms. The molecule has 0 aromatic rings. The summed E-state index contributed by atoms with van der Waals surface area (Å²) in [6, 6.07) is 1.01. The van der Waals surface area contributed by atoms with Crippen LogP contribution in [0.15, 0.2) is 0 Å². The smallest absolute Gasteiger partial charge is 0.0622 e. The summed E-state index contributed by atoms with van der Waals surface area (Å²) < 4.78 is 5.50. The Morgan fingerprint density at radius 2 is 1.95 bits per heavy atom. The van der Waals surface area contributed by atoms with E-state index in [1.807, 2.05) is 0 Å². The minimum atomic E-state index is 0.392. The molecule has 1 aliphatic heterocycles. The average Bonchev–Trinajstić information content (AvgIpc) is 2.84. The predicted octanol–water partition coefficient (Wildman–Crippen LogP) is 2.50. The van der Waals surface area contributed by atoms with Crippen LogP contribution in [0.5, 0.6) is 0 Å². The second-order valence-electron chi connectivity index (χ2n) is 7.76. The van der Waals surface area contributed by atoms with Crippen LogP contribution in [0, 0.1) is 17.3 Å². The number of nitrogens with zero attached hydrogens (tertiary/aromatic N) is 1. The largest absolute Gasteiger partial charge is 0.380 e. The second-order valence-corrected chi connectivity index (χ2v) is 7.76. The second kappa shape index (κ2) is 6.11. The van der Waals surface area contributed by atoms with E-state index in [2.05, 4.69) is 32.7 Å². The number of hydrogen-bond donors (Lipinski definition) is 1.